The van der Waals surface area contributed by atoms with Gasteiger partial charge in [0.25, 0.3) is 5.91 Å². The molecule has 1 saturated heterocycles. The summed E-state index contributed by atoms with van der Waals surface area (Å²) in [5, 5.41) is 15.1. The number of oxime groups is 1. The molecule has 1 fully saturated rings. The van der Waals surface area contributed by atoms with Crippen molar-refractivity contribution < 1.29 is 14.7 Å². The number of nitrogens with two attached hydrogens (primary N) is 1. The third kappa shape index (κ3) is 5.00. The van der Waals surface area contributed by atoms with Crippen molar-refractivity contribution in [3.63, 3.8) is 0 Å². The molecule has 0 bridgehead atoms. The molecule has 7 nitrogen and oxygen atoms in total. The molecule has 0 atom stereocenters. The van der Waals surface area contributed by atoms with Gasteiger partial charge < -0.3 is 25.9 Å². The number of nitrogens with zero attached hydrogens (tertiary/aromatic N) is 2. The van der Waals surface area contributed by atoms with Crippen molar-refractivity contribution >= 4 is 23.1 Å². The number of piperidine rings is 1. The Labute approximate surface area is 187 Å². The number of hydrogen-bond acceptors (Lipinski definition) is 5. The van der Waals surface area contributed by atoms with Crippen molar-refractivity contribution in [3.05, 3.63) is 83.9 Å². The highest BCUT2D eigenvalue weighted by Crippen LogP contribution is 2.28. The van der Waals surface area contributed by atoms with Gasteiger partial charge in [-0.1, -0.05) is 29.4 Å². The molecule has 1 aliphatic rings. The largest absolute Gasteiger partial charge is 0.457 e. The van der Waals surface area contributed by atoms with Gasteiger partial charge in [-0.3, -0.25) is 4.79 Å². The van der Waals surface area contributed by atoms with E-state index in [0.717, 1.165) is 31.6 Å². The van der Waals surface area contributed by atoms with E-state index in [0.29, 0.717) is 28.3 Å². The smallest absolute Gasteiger partial charge is 0.255 e. The molecule has 0 aromatic heterocycles. The van der Waals surface area contributed by atoms with E-state index in [1.54, 1.807) is 24.3 Å². The first-order valence-corrected chi connectivity index (χ1v) is 10.7. The zero-order chi connectivity index (χ0) is 22.3. The van der Waals surface area contributed by atoms with Gasteiger partial charge in [0.05, 0.1) is 5.69 Å². The zero-order valence-electron chi connectivity index (χ0n) is 17.7. The molecule has 3 aromatic carbocycles. The lowest BCUT2D eigenvalue weighted by atomic mass is 10.1. The van der Waals surface area contributed by atoms with E-state index >= 15 is 0 Å². The Bertz CT molecular complexity index is 1110. The Kier molecular flexibility index (Phi) is 6.55. The Morgan fingerprint density at radius 1 is 0.938 bits per heavy atom. The first-order chi connectivity index (χ1) is 15.6. The number of para-hydroxylation sites is 1. The predicted octanol–water partition coefficient (Wildman–Crippen LogP) is 4.82. The molecule has 0 radical (unpaired) electrons. The van der Waals surface area contributed by atoms with Crippen LogP contribution in [0.25, 0.3) is 0 Å². The summed E-state index contributed by atoms with van der Waals surface area (Å²) in [6, 6.07) is 21.9. The number of nitrogens with one attached hydrogen (secondary N) is 1. The predicted molar refractivity (Wildman–Crippen MR) is 126 cm³/mol. The fraction of sp³-hybridized carbons (Fsp3) is 0.200. The van der Waals surface area contributed by atoms with Gasteiger partial charge in [0.2, 0.25) is 0 Å². The molecule has 7 heteroatoms. The molecule has 1 aliphatic heterocycles. The maximum atomic E-state index is 13.1. The highest BCUT2D eigenvalue weighted by atomic mass is 16.5. The Balaban J connectivity index is 1.59. The summed E-state index contributed by atoms with van der Waals surface area (Å²) >= 11 is 0. The monoisotopic (exact) mass is 430 g/mol. The van der Waals surface area contributed by atoms with E-state index in [-0.39, 0.29) is 11.7 Å². The lowest BCUT2D eigenvalue weighted by Gasteiger charge is -2.29. The van der Waals surface area contributed by atoms with Gasteiger partial charge >= 0.3 is 0 Å². The van der Waals surface area contributed by atoms with Crippen LogP contribution in [0.5, 0.6) is 11.5 Å². The highest BCUT2D eigenvalue weighted by Gasteiger charge is 2.16. The van der Waals surface area contributed by atoms with Crippen molar-refractivity contribution in [1.29, 1.82) is 0 Å². The summed E-state index contributed by atoms with van der Waals surface area (Å²) in [6.07, 6.45) is 3.57. The quantitative estimate of drug-likeness (QED) is 0.225. The Morgan fingerprint density at radius 2 is 1.72 bits per heavy atom. The van der Waals surface area contributed by atoms with E-state index in [2.05, 4.69) is 15.4 Å². The van der Waals surface area contributed by atoms with Crippen molar-refractivity contribution in [2.75, 3.05) is 23.3 Å². The van der Waals surface area contributed by atoms with Crippen LogP contribution in [0.2, 0.25) is 0 Å². The van der Waals surface area contributed by atoms with E-state index < -0.39 is 0 Å². The minimum atomic E-state index is -0.285. The molecule has 0 saturated carbocycles. The summed E-state index contributed by atoms with van der Waals surface area (Å²) in [7, 11) is 0. The fourth-order valence-corrected chi connectivity index (χ4v) is 3.78. The molecule has 0 aliphatic carbocycles. The maximum absolute atomic E-state index is 13.1. The average Bonchev–Trinajstić information content (AvgIpc) is 2.85. The molecule has 32 heavy (non-hydrogen) atoms. The molecule has 4 N–H and O–H groups in total. The highest BCUT2D eigenvalue weighted by molar-refractivity contribution is 6.10. The second-order valence-corrected chi connectivity index (χ2v) is 7.66. The van der Waals surface area contributed by atoms with Gasteiger partial charge in [-0.2, -0.15) is 0 Å². The van der Waals surface area contributed by atoms with Crippen LogP contribution in [0.15, 0.2) is 78.0 Å². The number of amides is 1. The minimum Gasteiger partial charge on any atom is -0.457 e. The average molecular weight is 431 g/mol. The van der Waals surface area contributed by atoms with Crippen LogP contribution in [0.1, 0.15) is 35.2 Å². The van der Waals surface area contributed by atoms with Crippen LogP contribution in [0.3, 0.4) is 0 Å². The number of carbonyl (C=O) groups is 1. The lowest BCUT2D eigenvalue weighted by molar-refractivity contribution is 0.102. The topological polar surface area (TPSA) is 100 Å². The SMILES string of the molecule is N/C(=N\O)c1ccc(Oc2ccccc2)cc1NC(=O)c1cccc(N2CCCCC2)c1. The maximum Gasteiger partial charge on any atom is 0.255 e. The molecule has 1 amide bonds. The van der Waals surface area contributed by atoms with E-state index in [9.17, 15) is 4.79 Å². The van der Waals surface area contributed by atoms with E-state index in [4.69, 9.17) is 15.7 Å². The first-order valence-electron chi connectivity index (χ1n) is 10.7. The Hall–Kier alpha value is -4.00. The van der Waals surface area contributed by atoms with Crippen molar-refractivity contribution in [2.24, 2.45) is 10.9 Å². The van der Waals surface area contributed by atoms with E-state index in [1.807, 2.05) is 48.5 Å². The van der Waals surface area contributed by atoms with Crippen molar-refractivity contribution in [2.45, 2.75) is 19.3 Å². The minimum absolute atomic E-state index is 0.103. The number of carbonyl (C=O) groups excluding carboxylic acids is 1. The second-order valence-electron chi connectivity index (χ2n) is 7.66. The third-order valence-electron chi connectivity index (χ3n) is 5.43. The standard InChI is InChI=1S/C25H26N4O3/c26-24(28-31)22-13-12-21(32-20-10-3-1-4-11-20)17-23(22)27-25(30)18-8-7-9-19(16-18)29-14-5-2-6-15-29/h1,3-4,7-13,16-17,31H,2,5-6,14-15H2,(H2,26,28)(H,27,30). The summed E-state index contributed by atoms with van der Waals surface area (Å²) in [4.78, 5) is 15.4. The molecule has 164 valence electrons. The van der Waals surface area contributed by atoms with Crippen LogP contribution in [-0.4, -0.2) is 30.0 Å². The van der Waals surface area contributed by atoms with Crippen molar-refractivity contribution in [3.8, 4) is 11.5 Å². The van der Waals surface area contributed by atoms with Crippen LogP contribution in [0, 0.1) is 0 Å². The van der Waals surface area contributed by atoms with Crippen LogP contribution >= 0.6 is 0 Å². The van der Waals surface area contributed by atoms with Crippen LogP contribution in [-0.2, 0) is 0 Å². The molecular formula is C25H26N4O3. The summed E-state index contributed by atoms with van der Waals surface area (Å²) in [6.45, 7) is 2.00. The van der Waals surface area contributed by atoms with Gasteiger partial charge in [0.1, 0.15) is 11.5 Å². The van der Waals surface area contributed by atoms with Crippen molar-refractivity contribution in [1.82, 2.24) is 0 Å². The first kappa shape index (κ1) is 21.2. The summed E-state index contributed by atoms with van der Waals surface area (Å²) < 4.78 is 5.87. The molecule has 4 rings (SSSR count). The van der Waals surface area contributed by atoms with Crippen LogP contribution < -0.4 is 20.7 Å². The number of benzene rings is 3. The van der Waals surface area contributed by atoms with Gasteiger partial charge in [-0.25, -0.2) is 0 Å². The number of ether oxygens (including phenoxy) is 1. The number of hydrogen-bond donors (Lipinski definition) is 3. The van der Waals surface area contributed by atoms with Gasteiger partial charge in [0.15, 0.2) is 5.84 Å². The van der Waals surface area contributed by atoms with Crippen LogP contribution in [0.4, 0.5) is 11.4 Å². The normalized spacial score (nSPS) is 14.1. The second kappa shape index (κ2) is 9.87. The van der Waals surface area contributed by atoms with E-state index in [1.165, 1.54) is 6.42 Å². The van der Waals surface area contributed by atoms with Gasteiger partial charge in [-0.05, 0) is 61.7 Å². The van der Waals surface area contributed by atoms with Gasteiger partial charge in [-0.15, -0.1) is 0 Å². The number of anilines is 2. The third-order valence-corrected chi connectivity index (χ3v) is 5.43. The number of rotatable bonds is 6. The lowest BCUT2D eigenvalue weighted by Crippen LogP contribution is -2.29. The Morgan fingerprint density at radius 3 is 2.47 bits per heavy atom. The zero-order valence-corrected chi connectivity index (χ0v) is 17.7. The molecule has 1 heterocycles. The summed E-state index contributed by atoms with van der Waals surface area (Å²) in [5.41, 5.74) is 8.19. The molecule has 0 spiro atoms. The molecular weight excluding hydrogens is 404 g/mol. The van der Waals surface area contributed by atoms with Gasteiger partial charge in [0, 0.05) is 36.0 Å². The molecule has 0 unspecified atom stereocenters. The number of amidine groups is 1. The fourth-order valence-electron chi connectivity index (χ4n) is 3.78. The molecule has 3 aromatic rings. The summed E-state index contributed by atoms with van der Waals surface area (Å²) in [5.74, 6) is 0.792.